The maximum Gasteiger partial charge on any atom is 0.225 e. The molecule has 0 bridgehead atoms. The van der Waals surface area contributed by atoms with E-state index in [1.54, 1.807) is 18.5 Å². The summed E-state index contributed by atoms with van der Waals surface area (Å²) in [6.07, 6.45) is 4.69. The molecule has 196 valence electrons. The Morgan fingerprint density at radius 2 is 1.68 bits per heavy atom. The smallest absolute Gasteiger partial charge is 0.225 e. The molecule has 3 aromatic rings. The van der Waals surface area contributed by atoms with E-state index in [0.29, 0.717) is 27.6 Å². The molecule has 2 saturated heterocycles. The first-order valence-corrected chi connectivity index (χ1v) is 13.4. The minimum absolute atomic E-state index is 0.277. The van der Waals surface area contributed by atoms with E-state index in [4.69, 9.17) is 37.7 Å². The number of halogens is 2. The zero-order chi connectivity index (χ0) is 25.8. The number of benzene rings is 1. The summed E-state index contributed by atoms with van der Waals surface area (Å²) in [5, 5.41) is 1.12. The van der Waals surface area contributed by atoms with Gasteiger partial charge in [0.15, 0.2) is 5.75 Å². The molecule has 2 aromatic heterocycles. The van der Waals surface area contributed by atoms with Crippen molar-refractivity contribution >= 4 is 29.2 Å². The average molecular weight is 543 g/mol. The highest BCUT2D eigenvalue weighted by molar-refractivity contribution is 6.35. The quantitative estimate of drug-likeness (QED) is 0.431. The molecule has 0 radical (unpaired) electrons. The van der Waals surface area contributed by atoms with E-state index in [2.05, 4.69) is 44.7 Å². The Kier molecular flexibility index (Phi) is 8.42. The maximum atomic E-state index is 6.29. The van der Waals surface area contributed by atoms with Gasteiger partial charge in [0.2, 0.25) is 11.8 Å². The van der Waals surface area contributed by atoms with Crippen molar-refractivity contribution in [2.45, 2.75) is 26.0 Å². The van der Waals surface area contributed by atoms with Crippen molar-refractivity contribution in [3.63, 3.8) is 0 Å². The summed E-state index contributed by atoms with van der Waals surface area (Å²) in [6, 6.07) is 9.47. The Bertz CT molecular complexity index is 1180. The summed E-state index contributed by atoms with van der Waals surface area (Å²) in [6.45, 7) is 9.27. The maximum absolute atomic E-state index is 6.29. The molecule has 2 aliphatic rings. The normalized spacial score (nSPS) is 19.6. The molecule has 37 heavy (non-hydrogen) atoms. The van der Waals surface area contributed by atoms with Crippen molar-refractivity contribution in [3.8, 4) is 22.9 Å². The van der Waals surface area contributed by atoms with Crippen molar-refractivity contribution < 1.29 is 9.47 Å². The Balaban J connectivity index is 1.39. The third-order valence-electron chi connectivity index (χ3n) is 6.71. The van der Waals surface area contributed by atoms with Crippen molar-refractivity contribution in [2.75, 3.05) is 57.8 Å². The first kappa shape index (κ1) is 26.1. The number of piperazine rings is 1. The van der Waals surface area contributed by atoms with Crippen LogP contribution in [0.1, 0.15) is 18.9 Å². The molecule has 4 heterocycles. The van der Waals surface area contributed by atoms with Crippen LogP contribution in [-0.2, 0) is 11.3 Å². The predicted octanol–water partition coefficient (Wildman–Crippen LogP) is 5.00. The summed E-state index contributed by atoms with van der Waals surface area (Å²) in [5.41, 5.74) is 2.66. The third kappa shape index (κ3) is 7.09. The molecule has 0 N–H and O–H groups in total. The molecule has 8 nitrogen and oxygen atoms in total. The van der Waals surface area contributed by atoms with Gasteiger partial charge in [0.1, 0.15) is 0 Å². The second-order valence-corrected chi connectivity index (χ2v) is 10.6. The average Bonchev–Trinajstić information content (AvgIpc) is 3.08. The van der Waals surface area contributed by atoms with Crippen LogP contribution < -0.4 is 9.64 Å². The lowest BCUT2D eigenvalue weighted by atomic mass is 10.1. The molecule has 0 amide bonds. The van der Waals surface area contributed by atoms with E-state index in [1.165, 1.54) is 0 Å². The van der Waals surface area contributed by atoms with E-state index < -0.39 is 0 Å². The van der Waals surface area contributed by atoms with Crippen molar-refractivity contribution in [3.05, 3.63) is 58.3 Å². The van der Waals surface area contributed by atoms with Gasteiger partial charge in [0, 0.05) is 67.5 Å². The van der Waals surface area contributed by atoms with E-state index in [-0.39, 0.29) is 6.10 Å². The molecule has 1 aromatic carbocycles. The number of ether oxygens (including phenoxy) is 2. The number of rotatable bonds is 6. The second kappa shape index (κ2) is 11.9. The molecule has 0 saturated carbocycles. The Morgan fingerprint density at radius 3 is 2.41 bits per heavy atom. The van der Waals surface area contributed by atoms with Gasteiger partial charge in [-0.2, -0.15) is 0 Å². The third-order valence-corrected chi connectivity index (χ3v) is 7.15. The van der Waals surface area contributed by atoms with Crippen LogP contribution in [0.3, 0.4) is 0 Å². The lowest BCUT2D eigenvalue weighted by Crippen LogP contribution is -2.45. The molecule has 1 atom stereocenters. The molecule has 0 unspecified atom stereocenters. The molecule has 10 heteroatoms. The summed E-state index contributed by atoms with van der Waals surface area (Å²) < 4.78 is 12.0. The van der Waals surface area contributed by atoms with Gasteiger partial charge in [0.25, 0.3) is 0 Å². The van der Waals surface area contributed by atoms with E-state index in [0.717, 1.165) is 75.7 Å². The fraction of sp³-hybridized carbons (Fsp3) is 0.444. The number of hydrogen-bond donors (Lipinski definition) is 0. The van der Waals surface area contributed by atoms with Crippen LogP contribution in [0.15, 0.2) is 42.7 Å². The molecule has 5 rings (SSSR count). The summed E-state index contributed by atoms with van der Waals surface area (Å²) in [4.78, 5) is 20.8. The molecular weight excluding hydrogens is 511 g/mol. The van der Waals surface area contributed by atoms with Gasteiger partial charge >= 0.3 is 0 Å². The SMILES string of the molecule is C[C@@H]1CCN(Cc2cc(Oc3cnc(N4CCN(C)CC4)nc3)nc(-c3cc(Cl)cc(Cl)c3)c2)CCO1. The van der Waals surface area contributed by atoms with E-state index in [1.807, 2.05) is 18.2 Å². The van der Waals surface area contributed by atoms with Crippen molar-refractivity contribution in [1.29, 1.82) is 0 Å². The molecule has 0 spiro atoms. The number of nitrogens with zero attached hydrogens (tertiary/aromatic N) is 6. The van der Waals surface area contributed by atoms with Crippen LogP contribution in [0.2, 0.25) is 10.0 Å². The van der Waals surface area contributed by atoms with Crippen LogP contribution in [0.5, 0.6) is 11.6 Å². The van der Waals surface area contributed by atoms with E-state index >= 15 is 0 Å². The highest BCUT2D eigenvalue weighted by Gasteiger charge is 2.18. The van der Waals surface area contributed by atoms with Crippen LogP contribution >= 0.6 is 23.2 Å². The molecule has 0 aliphatic carbocycles. The fourth-order valence-electron chi connectivity index (χ4n) is 4.56. The minimum Gasteiger partial charge on any atom is -0.436 e. The van der Waals surface area contributed by atoms with Crippen molar-refractivity contribution in [2.24, 2.45) is 0 Å². The standard InChI is InChI=1S/C27H32Cl2N6O2/c1-19-3-4-34(9-10-36-19)18-20-11-25(21-13-22(28)15-23(29)14-21)32-26(12-20)37-24-16-30-27(31-17-24)35-7-5-33(2)6-8-35/h11-17,19H,3-10,18H2,1-2H3/t19-/m1/s1. The van der Waals surface area contributed by atoms with Crippen molar-refractivity contribution in [1.82, 2.24) is 24.8 Å². The predicted molar refractivity (Wildman–Crippen MR) is 147 cm³/mol. The number of hydrogen-bond acceptors (Lipinski definition) is 8. The van der Waals surface area contributed by atoms with Gasteiger partial charge < -0.3 is 19.3 Å². The van der Waals surface area contributed by atoms with Crippen LogP contribution in [0.4, 0.5) is 5.95 Å². The molecule has 2 fully saturated rings. The van der Waals surface area contributed by atoms with Gasteiger partial charge in [-0.1, -0.05) is 23.2 Å². The number of pyridine rings is 1. The second-order valence-electron chi connectivity index (χ2n) is 9.71. The Labute approximate surface area is 228 Å². The zero-order valence-electron chi connectivity index (χ0n) is 21.2. The largest absolute Gasteiger partial charge is 0.436 e. The van der Waals surface area contributed by atoms with Crippen LogP contribution in [0, 0.1) is 0 Å². The van der Waals surface area contributed by atoms with Gasteiger partial charge in [-0.05, 0) is 50.2 Å². The summed E-state index contributed by atoms with van der Waals surface area (Å²) in [5.74, 6) is 1.72. The lowest BCUT2D eigenvalue weighted by Gasteiger charge is -2.32. The number of likely N-dealkylation sites (N-methyl/N-ethyl adjacent to an activating group) is 1. The molecule has 2 aliphatic heterocycles. The fourth-order valence-corrected chi connectivity index (χ4v) is 5.09. The van der Waals surface area contributed by atoms with Crippen LogP contribution in [-0.4, -0.2) is 83.8 Å². The number of aromatic nitrogens is 3. The highest BCUT2D eigenvalue weighted by atomic mass is 35.5. The summed E-state index contributed by atoms with van der Waals surface area (Å²) >= 11 is 12.6. The zero-order valence-corrected chi connectivity index (χ0v) is 22.8. The highest BCUT2D eigenvalue weighted by Crippen LogP contribution is 2.30. The first-order valence-electron chi connectivity index (χ1n) is 12.7. The van der Waals surface area contributed by atoms with Gasteiger partial charge in [-0.15, -0.1) is 0 Å². The first-order chi connectivity index (χ1) is 17.9. The number of anilines is 1. The monoisotopic (exact) mass is 542 g/mol. The Hall–Kier alpha value is -2.49. The lowest BCUT2D eigenvalue weighted by molar-refractivity contribution is 0.0748. The summed E-state index contributed by atoms with van der Waals surface area (Å²) in [7, 11) is 2.13. The van der Waals surface area contributed by atoms with E-state index in [9.17, 15) is 0 Å². The minimum atomic E-state index is 0.277. The van der Waals surface area contributed by atoms with Gasteiger partial charge in [0.05, 0.1) is 30.8 Å². The molecular formula is C27H32Cl2N6O2. The Morgan fingerprint density at radius 1 is 0.946 bits per heavy atom. The van der Waals surface area contributed by atoms with Crippen LogP contribution in [0.25, 0.3) is 11.3 Å². The van der Waals surface area contributed by atoms with Gasteiger partial charge in [-0.25, -0.2) is 15.0 Å². The topological polar surface area (TPSA) is 66.9 Å². The van der Waals surface area contributed by atoms with Gasteiger partial charge in [-0.3, -0.25) is 4.90 Å².